The Balaban J connectivity index is 0.000000166. The average Bonchev–Trinajstić information content (AvgIpc) is 4.00. The Morgan fingerprint density at radius 2 is 1.20 bits per heavy atom. The summed E-state index contributed by atoms with van der Waals surface area (Å²) in [6.07, 6.45) is 12.9. The third-order valence-corrected chi connectivity index (χ3v) is 11.3. The van der Waals surface area contributed by atoms with Crippen molar-refractivity contribution in [2.45, 2.75) is 68.9 Å². The van der Waals surface area contributed by atoms with Crippen LogP contribution in [0.3, 0.4) is 0 Å². The van der Waals surface area contributed by atoms with Gasteiger partial charge in [0, 0.05) is 75.1 Å². The van der Waals surface area contributed by atoms with Crippen LogP contribution in [0.15, 0.2) is 58.9 Å². The fraction of sp³-hybridized carbons (Fsp3) is 0.421. The zero-order chi connectivity index (χ0) is 42.0. The summed E-state index contributed by atoms with van der Waals surface area (Å²) in [6, 6.07) is 1.49. The Kier molecular flexibility index (Phi) is 11.0. The van der Waals surface area contributed by atoms with E-state index in [1.807, 2.05) is 0 Å². The van der Waals surface area contributed by atoms with Gasteiger partial charge >= 0.3 is 11.9 Å². The molecule has 0 unspecified atom stereocenters. The highest BCUT2D eigenvalue weighted by Gasteiger charge is 2.37. The number of hydrogen-bond donors (Lipinski definition) is 3. The van der Waals surface area contributed by atoms with Gasteiger partial charge in [0.25, 0.3) is 0 Å². The fourth-order valence-electron chi connectivity index (χ4n) is 8.01. The molecule has 0 bridgehead atoms. The summed E-state index contributed by atoms with van der Waals surface area (Å²) in [7, 11) is 0. The van der Waals surface area contributed by atoms with Gasteiger partial charge in [0.15, 0.2) is 23.3 Å². The molecule has 2 saturated heterocycles. The van der Waals surface area contributed by atoms with Crippen LogP contribution in [0.25, 0.3) is 22.1 Å². The van der Waals surface area contributed by atoms with Crippen LogP contribution in [0.5, 0.6) is 0 Å². The first-order valence-corrected chi connectivity index (χ1v) is 19.6. The number of carbonyl (C=O) groups excluding carboxylic acids is 1. The minimum Gasteiger partial charge on any atom is -0.477 e. The number of esters is 1. The molecule has 320 valence electrons. The molecule has 2 aliphatic heterocycles. The summed E-state index contributed by atoms with van der Waals surface area (Å²) < 4.78 is 41.9. The van der Waals surface area contributed by atoms with E-state index in [0.717, 1.165) is 37.8 Å². The molecule has 5 N–H and O–H groups in total. The van der Waals surface area contributed by atoms with E-state index in [0.29, 0.717) is 31.8 Å². The number of pyridine rings is 4. The van der Waals surface area contributed by atoms with Crippen LogP contribution in [0.2, 0.25) is 0 Å². The van der Waals surface area contributed by atoms with Crippen molar-refractivity contribution in [3.05, 3.63) is 92.5 Å². The summed E-state index contributed by atoms with van der Waals surface area (Å²) in [5, 5.41) is 25.0. The lowest BCUT2D eigenvalue weighted by Gasteiger charge is -2.20. The third kappa shape index (κ3) is 7.65. The second-order valence-electron chi connectivity index (χ2n) is 15.4. The van der Waals surface area contributed by atoms with Gasteiger partial charge in [0.2, 0.25) is 10.9 Å². The van der Waals surface area contributed by atoms with Gasteiger partial charge in [-0.1, -0.05) is 10.4 Å². The Hall–Kier alpha value is -6.39. The van der Waals surface area contributed by atoms with E-state index in [-0.39, 0.29) is 94.4 Å². The molecule has 4 atom stereocenters. The van der Waals surface area contributed by atoms with Crippen LogP contribution in [-0.4, -0.2) is 111 Å². The number of rotatable bonds is 9. The van der Waals surface area contributed by atoms with E-state index in [1.165, 1.54) is 12.4 Å². The maximum Gasteiger partial charge on any atom is 0.343 e. The van der Waals surface area contributed by atoms with Crippen LogP contribution >= 0.6 is 12.4 Å². The number of anilines is 2. The SMILES string of the molecule is CCOC(=O)c1cn(C2CC2)c2nc(N3C[C@@H](N)[C@@H](n4ccnn4)C3)c(F)cc2c1=O.Cl.N[C@@H]1CN(c2nc3c(cc2F)c(=O)c(C(=O)O)cn3C2CC2)C[C@@H]1n1ccnn1. The lowest BCUT2D eigenvalue weighted by atomic mass is 10.2. The Morgan fingerprint density at radius 1 is 0.754 bits per heavy atom. The van der Waals surface area contributed by atoms with Gasteiger partial charge < -0.3 is 40.2 Å². The van der Waals surface area contributed by atoms with Gasteiger partial charge in [-0.15, -0.1) is 22.6 Å². The van der Waals surface area contributed by atoms with E-state index in [1.54, 1.807) is 60.0 Å². The van der Waals surface area contributed by atoms with Gasteiger partial charge in [-0.2, -0.15) is 0 Å². The Labute approximate surface area is 350 Å². The summed E-state index contributed by atoms with van der Waals surface area (Å²) in [6.45, 7) is 3.36. The summed E-state index contributed by atoms with van der Waals surface area (Å²) >= 11 is 0. The quantitative estimate of drug-likeness (QED) is 0.176. The van der Waals surface area contributed by atoms with Crippen LogP contribution in [0.1, 0.15) is 77.5 Å². The number of aromatic carboxylic acids is 1. The molecule has 20 nitrogen and oxygen atoms in total. The molecule has 0 spiro atoms. The molecule has 10 rings (SSSR count). The topological polar surface area (TPSA) is 253 Å². The van der Waals surface area contributed by atoms with Crippen molar-refractivity contribution in [3.8, 4) is 0 Å². The minimum absolute atomic E-state index is 0. The zero-order valence-corrected chi connectivity index (χ0v) is 33.4. The van der Waals surface area contributed by atoms with Crippen LogP contribution in [0.4, 0.5) is 20.4 Å². The number of carbonyl (C=O) groups is 2. The summed E-state index contributed by atoms with van der Waals surface area (Å²) in [5.74, 6) is -3.16. The number of nitrogens with zero attached hydrogens (tertiary/aromatic N) is 12. The normalized spacial score (nSPS) is 21.1. The van der Waals surface area contributed by atoms with Gasteiger partial charge in [-0.25, -0.2) is 37.7 Å². The van der Waals surface area contributed by atoms with Crippen molar-refractivity contribution in [1.29, 1.82) is 0 Å². The second kappa shape index (κ2) is 16.2. The summed E-state index contributed by atoms with van der Waals surface area (Å²) in [5.41, 5.74) is 11.3. The average molecular weight is 863 g/mol. The third-order valence-electron chi connectivity index (χ3n) is 11.3. The molecule has 8 heterocycles. The van der Waals surface area contributed by atoms with Gasteiger partial charge in [-0.3, -0.25) is 9.59 Å². The van der Waals surface area contributed by atoms with E-state index in [2.05, 4.69) is 30.6 Å². The van der Waals surface area contributed by atoms with E-state index in [9.17, 15) is 28.7 Å². The van der Waals surface area contributed by atoms with Gasteiger partial charge in [0.05, 0.1) is 41.9 Å². The lowest BCUT2D eigenvalue weighted by molar-refractivity contribution is 0.0523. The van der Waals surface area contributed by atoms with Crippen molar-refractivity contribution < 1.29 is 28.2 Å². The molecule has 0 radical (unpaired) electrons. The standard InChI is InChI=1S/C20H22FN7O3.C18H18FN7O3.ClH/c1-2-31-20(30)13-8-27(11-3-4-11)18-12(17(13)29)7-14(21)19(24-18)26-9-15(22)16(10-26)28-6-5-23-25-28;19-12-5-10-15(27)11(18(28)29)6-25(9-1-2-9)16(10)22-17(12)24-7-13(20)14(8-24)26-4-3-21-23-26;/h5-8,11,15-16H,2-4,9-10,22H2,1H3;3-6,9,13-14H,1-2,7-8,20H2,(H,28,29);1H/t15-,16+;13-,14+;/m11./s1. The monoisotopic (exact) mass is 862 g/mol. The zero-order valence-electron chi connectivity index (χ0n) is 32.6. The molecule has 6 aromatic heterocycles. The maximum atomic E-state index is 15.1. The first-order valence-electron chi connectivity index (χ1n) is 19.6. The highest BCUT2D eigenvalue weighted by Crippen LogP contribution is 2.39. The smallest absolute Gasteiger partial charge is 0.343 e. The van der Waals surface area contributed by atoms with Crippen molar-refractivity contribution in [3.63, 3.8) is 0 Å². The molecule has 0 aromatic carbocycles. The van der Waals surface area contributed by atoms with Crippen LogP contribution in [-0.2, 0) is 4.74 Å². The van der Waals surface area contributed by atoms with E-state index in [4.69, 9.17) is 16.2 Å². The van der Waals surface area contributed by atoms with Gasteiger partial charge in [0.1, 0.15) is 22.4 Å². The Bertz CT molecular complexity index is 2760. The molecule has 6 aromatic rings. The first kappa shape index (κ1) is 41.3. The van der Waals surface area contributed by atoms with Crippen molar-refractivity contribution in [1.82, 2.24) is 49.1 Å². The first-order chi connectivity index (χ1) is 28.9. The molecule has 2 saturated carbocycles. The fourth-order valence-corrected chi connectivity index (χ4v) is 8.01. The van der Waals surface area contributed by atoms with E-state index < -0.39 is 34.4 Å². The Morgan fingerprint density at radius 3 is 1.59 bits per heavy atom. The predicted molar refractivity (Wildman–Crippen MR) is 217 cm³/mol. The van der Waals surface area contributed by atoms with Crippen LogP contribution in [0, 0.1) is 11.6 Å². The van der Waals surface area contributed by atoms with Gasteiger partial charge in [-0.05, 0) is 44.7 Å². The van der Waals surface area contributed by atoms with Crippen molar-refractivity contribution >= 4 is 58.0 Å². The number of hydrogen-bond acceptors (Lipinski definition) is 15. The number of nitrogens with two attached hydrogens (primary N) is 2. The predicted octanol–water partition coefficient (Wildman–Crippen LogP) is 2.00. The van der Waals surface area contributed by atoms with Crippen LogP contribution < -0.4 is 32.1 Å². The number of ether oxygens (including phenoxy) is 1. The number of halogens is 3. The lowest BCUT2D eigenvalue weighted by Crippen LogP contribution is -2.31. The summed E-state index contributed by atoms with van der Waals surface area (Å²) in [4.78, 5) is 61.6. The molecule has 0 amide bonds. The number of carboxylic acid groups (broad SMARTS) is 1. The molecule has 23 heteroatoms. The number of fused-ring (bicyclic) bond motifs is 2. The number of carboxylic acids is 1. The van der Waals surface area contributed by atoms with Crippen molar-refractivity contribution in [2.75, 3.05) is 42.6 Å². The molecule has 4 fully saturated rings. The number of aromatic nitrogens is 10. The second-order valence-corrected chi connectivity index (χ2v) is 15.4. The molecule has 4 aliphatic rings. The molecule has 61 heavy (non-hydrogen) atoms. The molecular formula is C38H41ClF2N14O6. The highest BCUT2D eigenvalue weighted by atomic mass is 35.5. The molecule has 2 aliphatic carbocycles. The van der Waals surface area contributed by atoms with E-state index >= 15 is 4.39 Å². The minimum atomic E-state index is -1.34. The maximum absolute atomic E-state index is 15.1. The van der Waals surface area contributed by atoms with Crippen molar-refractivity contribution in [2.24, 2.45) is 11.5 Å². The largest absolute Gasteiger partial charge is 0.477 e. The highest BCUT2D eigenvalue weighted by molar-refractivity contribution is 5.94. The molecular weight excluding hydrogens is 822 g/mol.